The van der Waals surface area contributed by atoms with Crippen molar-refractivity contribution in [3.05, 3.63) is 0 Å². The molecule has 12 heavy (non-hydrogen) atoms. The molecule has 0 rings (SSSR count). The first-order chi connectivity index (χ1) is 4.54. The Bertz CT molecular complexity index is 106. The van der Waals surface area contributed by atoms with Gasteiger partial charge in [0.25, 0.3) is 0 Å². The van der Waals surface area contributed by atoms with Crippen LogP contribution in [0, 0.1) is 0 Å². The molecule has 0 fully saturated rings. The summed E-state index contributed by atoms with van der Waals surface area (Å²) in [5.41, 5.74) is 9.02. The third-order valence-electron chi connectivity index (χ3n) is 0.333. The van der Waals surface area contributed by atoms with E-state index in [2.05, 4.69) is 11.5 Å². The van der Waals surface area contributed by atoms with Crippen LogP contribution in [0.25, 0.3) is 0 Å². The summed E-state index contributed by atoms with van der Waals surface area (Å²) in [5, 5.41) is 18.3. The molecule has 76 valence electrons. The minimum atomic E-state index is -1.22. The Morgan fingerprint density at radius 2 is 1.08 bits per heavy atom. The van der Waals surface area contributed by atoms with E-state index in [0.717, 1.165) is 0 Å². The normalized spacial score (nSPS) is 6.17. The van der Waals surface area contributed by atoms with Gasteiger partial charge in [0.1, 0.15) is 0 Å². The second-order valence-electron chi connectivity index (χ2n) is 1.15. The number of rotatable bonds is 2. The minimum Gasteiger partial charge on any atom is -0.549 e. The van der Waals surface area contributed by atoms with Gasteiger partial charge in [-0.25, -0.2) is 0 Å². The summed E-state index contributed by atoms with van der Waals surface area (Å²) in [6.45, 7) is -0.778. The van der Waals surface area contributed by atoms with Gasteiger partial charge in [0, 0.05) is 13.1 Å². The molecule has 0 aromatic rings. The van der Waals surface area contributed by atoms with E-state index in [1.807, 2.05) is 0 Å². The molecule has 8 heteroatoms. The molecule has 0 unspecified atom stereocenters. The molecule has 0 aliphatic rings. The maximum absolute atomic E-state index is 9.13. The van der Waals surface area contributed by atoms with Crippen LogP contribution in [0.4, 0.5) is 0 Å². The summed E-state index contributed by atoms with van der Waals surface area (Å²) in [6, 6.07) is 0. The van der Waals surface area contributed by atoms with E-state index in [9.17, 15) is 0 Å². The van der Waals surface area contributed by atoms with Gasteiger partial charge in [-0.1, -0.05) is 0 Å². The third kappa shape index (κ3) is 58.6. The molecule has 0 spiro atoms. The van der Waals surface area contributed by atoms with Gasteiger partial charge in [-0.05, 0) is 0 Å². The Balaban J connectivity index is -0.0000000457. The average Bonchev–Trinajstić information content (AvgIpc) is 1.89. The Morgan fingerprint density at radius 3 is 1.08 bits per heavy atom. The summed E-state index contributed by atoms with van der Waals surface area (Å²) in [5.74, 6) is -2.44. The summed E-state index contributed by atoms with van der Waals surface area (Å²) in [4.78, 5) is 18.3. The van der Waals surface area contributed by atoms with Crippen molar-refractivity contribution in [1.82, 2.24) is 0 Å². The summed E-state index contributed by atoms with van der Waals surface area (Å²) in [6.07, 6.45) is 0. The topological polar surface area (TPSA) is 164 Å². The zero-order chi connectivity index (χ0) is 8.57. The van der Waals surface area contributed by atoms with Crippen molar-refractivity contribution in [3.63, 3.8) is 0 Å². The first kappa shape index (κ1) is 22.5. The second kappa shape index (κ2) is 16.7. The number of carbonyl (C=O) groups is 2. The molecule has 0 radical (unpaired) electrons. The maximum atomic E-state index is 9.13. The van der Waals surface area contributed by atoms with Gasteiger partial charge >= 0.3 is 16.5 Å². The molecule has 0 aromatic heterocycles. The molecule has 0 saturated heterocycles. The Kier molecular flexibility index (Phi) is 31.4. The molecule has 7 nitrogen and oxygen atoms in total. The Hall–Kier alpha value is -0.686. The van der Waals surface area contributed by atoms with Crippen LogP contribution in [-0.2, 0) is 26.1 Å². The molecule has 0 saturated carbocycles. The maximum Gasteiger partial charge on any atom is 2.00 e. The zero-order valence-electron chi connectivity index (χ0n) is 6.02. The van der Waals surface area contributed by atoms with Crippen LogP contribution in [0.5, 0.6) is 0 Å². The first-order valence-corrected chi connectivity index (χ1v) is 2.34. The fraction of sp³-hybridized carbons (Fsp3) is 0.500. The van der Waals surface area contributed by atoms with Gasteiger partial charge in [0.05, 0.1) is 11.9 Å². The SMILES string of the molecule is NCC(=O)[O-].NCC(=O)[O-].O.[Ni+2]. The number of aliphatic carboxylic acids is 2. The molecule has 0 aromatic carbocycles. The van der Waals surface area contributed by atoms with Gasteiger partial charge in [0.15, 0.2) is 0 Å². The predicted octanol–water partition coefficient (Wildman–Crippen LogP) is -5.44. The van der Waals surface area contributed by atoms with Crippen molar-refractivity contribution in [2.24, 2.45) is 11.5 Å². The number of carboxylic acids is 2. The average molecular weight is 225 g/mol. The van der Waals surface area contributed by atoms with Crippen LogP contribution < -0.4 is 21.7 Å². The Morgan fingerprint density at radius 1 is 1.00 bits per heavy atom. The van der Waals surface area contributed by atoms with Gasteiger partial charge in [-0.2, -0.15) is 0 Å². The number of carboxylic acid groups (broad SMARTS) is 2. The van der Waals surface area contributed by atoms with E-state index < -0.39 is 11.9 Å². The van der Waals surface area contributed by atoms with Gasteiger partial charge in [-0.3, -0.25) is 0 Å². The van der Waals surface area contributed by atoms with Crippen molar-refractivity contribution >= 4 is 11.9 Å². The number of carbonyl (C=O) groups excluding carboxylic acids is 2. The monoisotopic (exact) mass is 224 g/mol. The minimum absolute atomic E-state index is 0. The van der Waals surface area contributed by atoms with E-state index in [1.54, 1.807) is 0 Å². The van der Waals surface area contributed by atoms with Crippen molar-refractivity contribution in [2.75, 3.05) is 13.1 Å². The molecule has 6 N–H and O–H groups in total. The fourth-order valence-corrected chi connectivity index (χ4v) is 0. The molecule has 0 amide bonds. The fourth-order valence-electron chi connectivity index (χ4n) is 0. The van der Waals surface area contributed by atoms with Crippen LogP contribution in [0.2, 0.25) is 0 Å². The van der Waals surface area contributed by atoms with Gasteiger partial charge in [0.2, 0.25) is 0 Å². The number of hydrogen-bond donors (Lipinski definition) is 2. The van der Waals surface area contributed by atoms with E-state index in [1.165, 1.54) is 0 Å². The van der Waals surface area contributed by atoms with Crippen LogP contribution in [0.1, 0.15) is 0 Å². The largest absolute Gasteiger partial charge is 2.00 e. The van der Waals surface area contributed by atoms with Crippen molar-refractivity contribution in [3.8, 4) is 0 Å². The Labute approximate surface area is 79.0 Å². The van der Waals surface area contributed by atoms with Gasteiger partial charge in [-0.15, -0.1) is 0 Å². The van der Waals surface area contributed by atoms with Crippen LogP contribution in [0.15, 0.2) is 0 Å². The molecule has 0 bridgehead atoms. The molecular weight excluding hydrogens is 215 g/mol. The van der Waals surface area contributed by atoms with Crippen LogP contribution >= 0.6 is 0 Å². The summed E-state index contributed by atoms with van der Waals surface area (Å²) < 4.78 is 0. The number of hydrogen-bond acceptors (Lipinski definition) is 6. The van der Waals surface area contributed by atoms with Crippen LogP contribution in [0.3, 0.4) is 0 Å². The molecule has 0 heterocycles. The second-order valence-corrected chi connectivity index (χ2v) is 1.15. The molecule has 0 atom stereocenters. The zero-order valence-corrected chi connectivity index (χ0v) is 7.01. The number of nitrogens with two attached hydrogens (primary N) is 2. The molecule has 0 aliphatic heterocycles. The first-order valence-electron chi connectivity index (χ1n) is 2.34. The van der Waals surface area contributed by atoms with Crippen LogP contribution in [-0.4, -0.2) is 30.5 Å². The molecular formula is C4H10N2NiO5. The van der Waals surface area contributed by atoms with Gasteiger partial charge < -0.3 is 36.7 Å². The van der Waals surface area contributed by atoms with E-state index in [0.29, 0.717) is 0 Å². The van der Waals surface area contributed by atoms with E-state index >= 15 is 0 Å². The predicted molar refractivity (Wildman–Crippen MR) is 31.7 cm³/mol. The third-order valence-corrected chi connectivity index (χ3v) is 0.333. The van der Waals surface area contributed by atoms with Crippen molar-refractivity contribution in [2.45, 2.75) is 0 Å². The standard InChI is InChI=1S/2C2H5NO2.Ni.H2O/c2*3-1-2(4)5;;/h2*1,3H2,(H,4,5);;1H2/q;;+2;/p-2. The van der Waals surface area contributed by atoms with Crippen molar-refractivity contribution < 1.29 is 41.8 Å². The molecule has 0 aliphatic carbocycles. The van der Waals surface area contributed by atoms with E-state index in [-0.39, 0.29) is 35.1 Å². The van der Waals surface area contributed by atoms with Crippen molar-refractivity contribution in [1.29, 1.82) is 0 Å². The summed E-state index contributed by atoms with van der Waals surface area (Å²) >= 11 is 0. The smallest absolute Gasteiger partial charge is 0.549 e. The van der Waals surface area contributed by atoms with E-state index in [4.69, 9.17) is 19.8 Å². The quantitative estimate of drug-likeness (QED) is 0.445. The summed E-state index contributed by atoms with van der Waals surface area (Å²) in [7, 11) is 0.